The van der Waals surface area contributed by atoms with E-state index in [1.165, 1.54) is 24.3 Å². The van der Waals surface area contributed by atoms with Crippen molar-refractivity contribution in [3.8, 4) is 5.75 Å². The quantitative estimate of drug-likeness (QED) is 0.516. The predicted molar refractivity (Wildman–Crippen MR) is 111 cm³/mol. The van der Waals surface area contributed by atoms with E-state index < -0.39 is 5.91 Å². The fourth-order valence-corrected chi connectivity index (χ4v) is 2.89. The minimum absolute atomic E-state index is 0.0240. The van der Waals surface area contributed by atoms with Gasteiger partial charge in [-0.05, 0) is 67.4 Å². The second-order valence-electron chi connectivity index (χ2n) is 6.91. The van der Waals surface area contributed by atoms with Crippen LogP contribution in [0.5, 0.6) is 5.75 Å². The molecule has 1 amide bonds. The Kier molecular flexibility index (Phi) is 5.02. The van der Waals surface area contributed by atoms with Gasteiger partial charge in [0, 0.05) is 17.6 Å². The third kappa shape index (κ3) is 4.05. The van der Waals surface area contributed by atoms with E-state index in [0.717, 1.165) is 5.56 Å². The average molecular weight is 403 g/mol. The Labute approximate surface area is 171 Å². The van der Waals surface area contributed by atoms with E-state index >= 15 is 0 Å². The van der Waals surface area contributed by atoms with E-state index in [9.17, 15) is 14.3 Å². The number of halogens is 1. The van der Waals surface area contributed by atoms with Crippen molar-refractivity contribution >= 4 is 28.4 Å². The third-order valence-corrected chi connectivity index (χ3v) is 4.50. The van der Waals surface area contributed by atoms with E-state index in [1.807, 2.05) is 13.0 Å². The molecule has 0 saturated heterocycles. The Morgan fingerprint density at radius 3 is 2.67 bits per heavy atom. The van der Waals surface area contributed by atoms with E-state index in [0.29, 0.717) is 28.0 Å². The Hall–Kier alpha value is -4.00. The van der Waals surface area contributed by atoms with Crippen LogP contribution in [0.3, 0.4) is 0 Å². The molecule has 0 unspecified atom stereocenters. The summed E-state index contributed by atoms with van der Waals surface area (Å²) < 4.78 is 19.4. The van der Waals surface area contributed by atoms with Crippen LogP contribution < -0.4 is 10.9 Å². The van der Waals surface area contributed by atoms with Crippen LogP contribution in [-0.2, 0) is 0 Å². The van der Waals surface area contributed by atoms with E-state index in [1.54, 1.807) is 37.4 Å². The Morgan fingerprint density at radius 1 is 1.10 bits per heavy atom. The van der Waals surface area contributed by atoms with Crippen molar-refractivity contribution in [3.63, 3.8) is 0 Å². The molecule has 2 aromatic carbocycles. The number of anilines is 1. The van der Waals surface area contributed by atoms with E-state index in [-0.39, 0.29) is 22.7 Å². The van der Waals surface area contributed by atoms with Crippen molar-refractivity contribution in [2.24, 2.45) is 4.99 Å². The van der Waals surface area contributed by atoms with Crippen molar-refractivity contribution in [2.75, 3.05) is 5.32 Å². The highest BCUT2D eigenvalue weighted by Gasteiger charge is 2.14. The molecule has 7 heteroatoms. The number of aryl methyl sites for hydroxylation is 2. The monoisotopic (exact) mass is 403 g/mol. The second kappa shape index (κ2) is 7.79. The zero-order valence-electron chi connectivity index (χ0n) is 16.3. The Balaban J connectivity index is 1.85. The summed E-state index contributed by atoms with van der Waals surface area (Å²) in [5, 5.41) is 13.1. The lowest BCUT2D eigenvalue weighted by atomic mass is 10.1. The summed E-state index contributed by atoms with van der Waals surface area (Å²) in [6.07, 6.45) is 1.65. The van der Waals surface area contributed by atoms with Crippen molar-refractivity contribution in [1.82, 2.24) is 4.98 Å². The minimum atomic E-state index is -0.456. The number of rotatable bonds is 3. The van der Waals surface area contributed by atoms with Gasteiger partial charge in [0.25, 0.3) is 5.91 Å². The van der Waals surface area contributed by atoms with Gasteiger partial charge in [0.05, 0.1) is 5.69 Å². The normalized spacial score (nSPS) is 11.6. The van der Waals surface area contributed by atoms with Crippen molar-refractivity contribution in [1.29, 1.82) is 0 Å². The number of amides is 1. The third-order valence-electron chi connectivity index (χ3n) is 4.50. The zero-order valence-corrected chi connectivity index (χ0v) is 16.3. The predicted octanol–water partition coefficient (Wildman–Crippen LogP) is 4.77. The number of carbonyl (C=O) groups is 1. The van der Waals surface area contributed by atoms with Gasteiger partial charge in [0.15, 0.2) is 0 Å². The van der Waals surface area contributed by atoms with Gasteiger partial charge in [-0.25, -0.2) is 14.4 Å². The van der Waals surface area contributed by atoms with Crippen LogP contribution in [0.2, 0.25) is 0 Å². The summed E-state index contributed by atoms with van der Waals surface area (Å²) >= 11 is 0. The number of nitrogens with one attached hydrogen (secondary N) is 1. The number of pyridine rings is 1. The van der Waals surface area contributed by atoms with Crippen molar-refractivity contribution in [3.05, 3.63) is 88.9 Å². The van der Waals surface area contributed by atoms with E-state index in [2.05, 4.69) is 15.3 Å². The molecule has 4 aromatic rings. The van der Waals surface area contributed by atoms with Crippen LogP contribution in [-0.4, -0.2) is 16.0 Å². The number of carbonyl (C=O) groups excluding carboxylic acids is 1. The number of aromatic nitrogens is 1. The maximum absolute atomic E-state index is 13.6. The highest BCUT2D eigenvalue weighted by molar-refractivity contribution is 6.05. The first-order chi connectivity index (χ1) is 14.4. The second-order valence-corrected chi connectivity index (χ2v) is 6.91. The lowest BCUT2D eigenvalue weighted by molar-refractivity contribution is 0.102. The van der Waals surface area contributed by atoms with Crippen LogP contribution in [0.25, 0.3) is 11.0 Å². The van der Waals surface area contributed by atoms with Gasteiger partial charge in [-0.1, -0.05) is 6.07 Å². The lowest BCUT2D eigenvalue weighted by Crippen LogP contribution is -2.22. The molecule has 0 bridgehead atoms. The molecule has 0 atom stereocenters. The maximum atomic E-state index is 13.6. The van der Waals surface area contributed by atoms with Gasteiger partial charge in [0.1, 0.15) is 28.5 Å². The molecule has 2 aromatic heterocycles. The molecule has 0 aliphatic rings. The van der Waals surface area contributed by atoms with Gasteiger partial charge in [-0.3, -0.25) is 4.79 Å². The van der Waals surface area contributed by atoms with Crippen LogP contribution in [0.4, 0.5) is 15.9 Å². The van der Waals surface area contributed by atoms with Gasteiger partial charge < -0.3 is 14.8 Å². The topological polar surface area (TPSA) is 87.7 Å². The number of hydrogen-bond donors (Lipinski definition) is 2. The van der Waals surface area contributed by atoms with Crippen LogP contribution in [0.1, 0.15) is 21.5 Å². The Morgan fingerprint density at radius 2 is 1.93 bits per heavy atom. The van der Waals surface area contributed by atoms with Crippen molar-refractivity contribution < 1.29 is 18.7 Å². The van der Waals surface area contributed by atoms with E-state index in [4.69, 9.17) is 4.42 Å². The summed E-state index contributed by atoms with van der Waals surface area (Å²) in [4.78, 5) is 21.5. The SMILES string of the molecule is Cc1ccc(NC(=O)c2cc3ccc(O)cc3oc2=Nc2ccc(F)c(C)c2)nc1. The largest absolute Gasteiger partial charge is 0.508 e. The molecule has 0 spiro atoms. The molecule has 0 radical (unpaired) electrons. The molecule has 2 heterocycles. The summed E-state index contributed by atoms with van der Waals surface area (Å²) in [5.41, 5.74) is 2.39. The number of nitrogens with zero attached hydrogens (tertiary/aromatic N) is 2. The number of phenolic OH excluding ortho intramolecular Hbond substituents is 1. The zero-order chi connectivity index (χ0) is 21.3. The summed E-state index contributed by atoms with van der Waals surface area (Å²) in [5.74, 6) is -0.392. The maximum Gasteiger partial charge on any atom is 0.262 e. The molecule has 0 aliphatic heterocycles. The number of hydrogen-bond acceptors (Lipinski definition) is 5. The first kappa shape index (κ1) is 19.3. The fourth-order valence-electron chi connectivity index (χ4n) is 2.89. The summed E-state index contributed by atoms with van der Waals surface area (Å²) in [6.45, 7) is 3.53. The van der Waals surface area contributed by atoms with Gasteiger partial charge in [-0.15, -0.1) is 0 Å². The molecule has 4 rings (SSSR count). The number of fused-ring (bicyclic) bond motifs is 1. The van der Waals surface area contributed by atoms with Gasteiger partial charge in [0.2, 0.25) is 5.55 Å². The van der Waals surface area contributed by atoms with Gasteiger partial charge >= 0.3 is 0 Å². The highest BCUT2D eigenvalue weighted by Crippen LogP contribution is 2.21. The molecule has 2 N–H and O–H groups in total. The molecule has 30 heavy (non-hydrogen) atoms. The minimum Gasteiger partial charge on any atom is -0.508 e. The number of phenols is 1. The molecule has 6 nitrogen and oxygen atoms in total. The number of aromatic hydroxyl groups is 1. The first-order valence-corrected chi connectivity index (χ1v) is 9.21. The summed E-state index contributed by atoms with van der Waals surface area (Å²) in [6, 6.07) is 14.1. The van der Waals surface area contributed by atoms with Gasteiger partial charge in [-0.2, -0.15) is 0 Å². The molecule has 0 aliphatic carbocycles. The molecular weight excluding hydrogens is 385 g/mol. The average Bonchev–Trinajstić information content (AvgIpc) is 2.72. The van der Waals surface area contributed by atoms with Crippen LogP contribution >= 0.6 is 0 Å². The van der Waals surface area contributed by atoms with Crippen LogP contribution in [0, 0.1) is 19.7 Å². The first-order valence-electron chi connectivity index (χ1n) is 9.21. The molecular formula is C23H18FN3O3. The Bertz CT molecular complexity index is 1330. The highest BCUT2D eigenvalue weighted by atomic mass is 19.1. The standard InChI is InChI=1S/C23H18FN3O3/c1-13-3-8-21(25-12-13)27-22(29)18-10-15-4-6-17(28)11-20(15)30-23(18)26-16-5-7-19(24)14(2)9-16/h3-12,28H,1-2H3,(H,25,27,29). The summed E-state index contributed by atoms with van der Waals surface area (Å²) in [7, 11) is 0. The molecule has 0 fully saturated rings. The van der Waals surface area contributed by atoms with Crippen LogP contribution in [0.15, 0.2) is 70.2 Å². The lowest BCUT2D eigenvalue weighted by Gasteiger charge is -2.07. The smallest absolute Gasteiger partial charge is 0.262 e. The molecule has 0 saturated carbocycles. The fraction of sp³-hybridized carbons (Fsp3) is 0.0870. The number of benzene rings is 2. The van der Waals surface area contributed by atoms with Crippen molar-refractivity contribution in [2.45, 2.75) is 13.8 Å². The molecule has 150 valence electrons.